The van der Waals surface area contributed by atoms with E-state index in [2.05, 4.69) is 5.32 Å². The summed E-state index contributed by atoms with van der Waals surface area (Å²) in [5.74, 6) is 0.206. The molecule has 168 valence electrons. The molecule has 0 aromatic heterocycles. The van der Waals surface area contributed by atoms with E-state index in [0.29, 0.717) is 24.2 Å². The zero-order chi connectivity index (χ0) is 23.0. The van der Waals surface area contributed by atoms with E-state index in [0.717, 1.165) is 28.3 Å². The first-order valence-corrected chi connectivity index (χ1v) is 11.7. The van der Waals surface area contributed by atoms with E-state index in [9.17, 15) is 18.0 Å². The Bertz CT molecular complexity index is 1000. The van der Waals surface area contributed by atoms with Crippen molar-refractivity contribution in [2.24, 2.45) is 0 Å². The summed E-state index contributed by atoms with van der Waals surface area (Å²) in [5.41, 5.74) is 1.80. The van der Waals surface area contributed by atoms with Crippen LogP contribution < -0.4 is 14.4 Å². The van der Waals surface area contributed by atoms with E-state index in [1.807, 2.05) is 24.3 Å². The second kappa shape index (κ2) is 10.8. The lowest BCUT2D eigenvalue weighted by Gasteiger charge is -2.22. The quantitative estimate of drug-likeness (QED) is 0.562. The molecule has 0 atom stereocenters. The summed E-state index contributed by atoms with van der Waals surface area (Å²) in [7, 11) is 1.20. The molecule has 2 aromatic rings. The van der Waals surface area contributed by atoms with Gasteiger partial charge in [0.2, 0.25) is 15.9 Å². The van der Waals surface area contributed by atoms with Crippen molar-refractivity contribution in [2.45, 2.75) is 12.8 Å². The third kappa shape index (κ3) is 6.99. The summed E-state index contributed by atoms with van der Waals surface area (Å²) in [6.07, 6.45) is 2.45. The van der Waals surface area contributed by atoms with Crippen molar-refractivity contribution >= 4 is 27.5 Å². The number of sulfonamides is 1. The molecule has 0 aliphatic rings. The lowest BCUT2D eigenvalue weighted by molar-refractivity contribution is -0.119. The number of hydrogen-bond donors (Lipinski definition) is 1. The SMILES string of the molecule is COc1ccccc1CCCNC(=O)CN(c1ccc(C(=O)N(C)C)cc1)S(C)(=O)=O. The number of amides is 2. The second-order valence-corrected chi connectivity index (χ2v) is 9.19. The Hall–Kier alpha value is -3.07. The fraction of sp³-hybridized carbons (Fsp3) is 0.364. The van der Waals surface area contributed by atoms with Gasteiger partial charge in [-0.25, -0.2) is 8.42 Å². The van der Waals surface area contributed by atoms with Crippen LogP contribution in [0.2, 0.25) is 0 Å². The monoisotopic (exact) mass is 447 g/mol. The Labute approximate surface area is 183 Å². The Morgan fingerprint density at radius 1 is 1.03 bits per heavy atom. The highest BCUT2D eigenvalue weighted by Gasteiger charge is 2.21. The van der Waals surface area contributed by atoms with Gasteiger partial charge in [-0.15, -0.1) is 0 Å². The molecule has 0 saturated heterocycles. The van der Waals surface area contributed by atoms with Crippen LogP contribution in [0.25, 0.3) is 0 Å². The van der Waals surface area contributed by atoms with E-state index in [1.165, 1.54) is 17.0 Å². The van der Waals surface area contributed by atoms with Crippen molar-refractivity contribution in [3.63, 3.8) is 0 Å². The minimum Gasteiger partial charge on any atom is -0.496 e. The Morgan fingerprint density at radius 3 is 2.26 bits per heavy atom. The molecular formula is C22H29N3O5S. The highest BCUT2D eigenvalue weighted by molar-refractivity contribution is 7.92. The zero-order valence-electron chi connectivity index (χ0n) is 18.3. The first-order chi connectivity index (χ1) is 14.6. The number of nitrogens with one attached hydrogen (secondary N) is 1. The van der Waals surface area contributed by atoms with Crippen LogP contribution in [-0.2, 0) is 21.2 Å². The van der Waals surface area contributed by atoms with E-state index in [4.69, 9.17) is 4.74 Å². The lowest BCUT2D eigenvalue weighted by Crippen LogP contribution is -2.40. The molecule has 0 heterocycles. The maximum Gasteiger partial charge on any atom is 0.253 e. The van der Waals surface area contributed by atoms with Gasteiger partial charge in [-0.05, 0) is 48.7 Å². The van der Waals surface area contributed by atoms with Crippen LogP contribution in [0.5, 0.6) is 5.75 Å². The Balaban J connectivity index is 1.96. The van der Waals surface area contributed by atoms with Gasteiger partial charge in [-0.2, -0.15) is 0 Å². The molecule has 8 nitrogen and oxygen atoms in total. The normalized spacial score (nSPS) is 11.0. The van der Waals surface area contributed by atoms with Crippen LogP contribution >= 0.6 is 0 Å². The number of benzene rings is 2. The molecule has 0 unspecified atom stereocenters. The third-order valence-electron chi connectivity index (χ3n) is 4.63. The maximum absolute atomic E-state index is 12.4. The fourth-order valence-electron chi connectivity index (χ4n) is 3.03. The minimum atomic E-state index is -3.68. The Morgan fingerprint density at radius 2 is 1.68 bits per heavy atom. The molecule has 0 spiro atoms. The van der Waals surface area contributed by atoms with E-state index >= 15 is 0 Å². The third-order valence-corrected chi connectivity index (χ3v) is 5.77. The van der Waals surface area contributed by atoms with E-state index in [1.54, 1.807) is 33.3 Å². The number of carbonyl (C=O) groups excluding carboxylic acids is 2. The van der Waals surface area contributed by atoms with Gasteiger partial charge in [0.05, 0.1) is 19.1 Å². The summed E-state index contributed by atoms with van der Waals surface area (Å²) in [4.78, 5) is 25.8. The number of methoxy groups -OCH3 is 1. The average molecular weight is 448 g/mol. The summed E-state index contributed by atoms with van der Waals surface area (Å²) >= 11 is 0. The van der Waals surface area contributed by atoms with Crippen LogP contribution in [0.1, 0.15) is 22.3 Å². The number of carbonyl (C=O) groups is 2. The van der Waals surface area contributed by atoms with E-state index < -0.39 is 15.9 Å². The molecule has 31 heavy (non-hydrogen) atoms. The first kappa shape index (κ1) is 24.2. The highest BCUT2D eigenvalue weighted by Crippen LogP contribution is 2.20. The number of ether oxygens (including phenoxy) is 1. The number of aryl methyl sites for hydroxylation is 1. The highest BCUT2D eigenvalue weighted by atomic mass is 32.2. The first-order valence-electron chi connectivity index (χ1n) is 9.81. The Kier molecular flexibility index (Phi) is 8.44. The second-order valence-electron chi connectivity index (χ2n) is 7.28. The molecule has 1 N–H and O–H groups in total. The van der Waals surface area contributed by atoms with Crippen LogP contribution in [0, 0.1) is 0 Å². The molecule has 0 fully saturated rings. The fourth-order valence-corrected chi connectivity index (χ4v) is 3.89. The number of rotatable bonds is 10. The molecule has 0 aliphatic carbocycles. The van der Waals surface area contributed by atoms with Crippen LogP contribution in [0.4, 0.5) is 5.69 Å². The summed E-state index contributed by atoms with van der Waals surface area (Å²) < 4.78 is 30.8. The van der Waals surface area contributed by atoms with Gasteiger partial charge >= 0.3 is 0 Å². The molecule has 0 bridgehead atoms. The van der Waals surface area contributed by atoms with Gasteiger partial charge in [-0.1, -0.05) is 18.2 Å². The molecule has 0 radical (unpaired) electrons. The maximum atomic E-state index is 12.4. The summed E-state index contributed by atoms with van der Waals surface area (Å²) in [6.45, 7) is 0.0687. The van der Waals surface area contributed by atoms with Gasteiger partial charge in [0, 0.05) is 26.2 Å². The molecule has 2 amide bonds. The van der Waals surface area contributed by atoms with Crippen molar-refractivity contribution in [3.05, 3.63) is 59.7 Å². The largest absolute Gasteiger partial charge is 0.496 e. The summed E-state index contributed by atoms with van der Waals surface area (Å²) in [6, 6.07) is 13.8. The van der Waals surface area contributed by atoms with Crippen molar-refractivity contribution in [2.75, 3.05) is 44.9 Å². The van der Waals surface area contributed by atoms with Gasteiger partial charge in [0.25, 0.3) is 5.91 Å². The van der Waals surface area contributed by atoms with Crippen molar-refractivity contribution in [1.82, 2.24) is 10.2 Å². The molecule has 0 aliphatic heterocycles. The van der Waals surface area contributed by atoms with Gasteiger partial charge < -0.3 is 15.0 Å². The predicted molar refractivity (Wildman–Crippen MR) is 121 cm³/mol. The standard InChI is InChI=1S/C22H29N3O5S/c1-24(2)22(27)18-11-13-19(14-12-18)25(31(4,28)29)16-21(26)23-15-7-9-17-8-5-6-10-20(17)30-3/h5-6,8,10-14H,7,9,15-16H2,1-4H3,(H,23,26). The van der Waals surface area contributed by atoms with Crippen LogP contribution in [0.3, 0.4) is 0 Å². The van der Waals surface area contributed by atoms with Crippen LogP contribution in [-0.4, -0.2) is 65.7 Å². The molecular weight excluding hydrogens is 418 g/mol. The van der Waals surface area contributed by atoms with Crippen LogP contribution in [0.15, 0.2) is 48.5 Å². The molecule has 2 rings (SSSR count). The van der Waals surface area contributed by atoms with Crippen molar-refractivity contribution < 1.29 is 22.7 Å². The summed E-state index contributed by atoms with van der Waals surface area (Å²) in [5, 5.41) is 2.76. The number of hydrogen-bond acceptors (Lipinski definition) is 5. The zero-order valence-corrected chi connectivity index (χ0v) is 19.1. The molecule has 0 saturated carbocycles. The predicted octanol–water partition coefficient (Wildman–Crippen LogP) is 1.91. The topological polar surface area (TPSA) is 96.0 Å². The van der Waals surface area contributed by atoms with E-state index in [-0.39, 0.29) is 12.5 Å². The van der Waals surface area contributed by atoms with Gasteiger partial charge in [0.15, 0.2) is 0 Å². The number of anilines is 1. The van der Waals surface area contributed by atoms with Crippen molar-refractivity contribution in [3.8, 4) is 5.75 Å². The van der Waals surface area contributed by atoms with Gasteiger partial charge in [0.1, 0.15) is 12.3 Å². The average Bonchev–Trinajstić information content (AvgIpc) is 2.74. The molecule has 9 heteroatoms. The minimum absolute atomic E-state index is 0.190. The number of para-hydroxylation sites is 1. The molecule has 2 aromatic carbocycles. The van der Waals surface area contributed by atoms with Crippen molar-refractivity contribution in [1.29, 1.82) is 0 Å². The van der Waals surface area contributed by atoms with Gasteiger partial charge in [-0.3, -0.25) is 13.9 Å². The number of nitrogens with zero attached hydrogens (tertiary/aromatic N) is 2. The lowest BCUT2D eigenvalue weighted by atomic mass is 10.1. The smallest absolute Gasteiger partial charge is 0.253 e.